The SMILES string of the molecule is CN=C(NCc1cccc([N+](=O)[O-])c1)NCc1nc(C(C)C)cs1. The molecule has 0 aliphatic rings. The number of nitrogens with one attached hydrogen (secondary N) is 2. The lowest BCUT2D eigenvalue weighted by atomic mass is 10.2. The van der Waals surface area contributed by atoms with Gasteiger partial charge in [-0.25, -0.2) is 4.98 Å². The number of benzene rings is 1. The minimum atomic E-state index is -0.397. The molecule has 2 N–H and O–H groups in total. The van der Waals surface area contributed by atoms with Crippen LogP contribution in [0.25, 0.3) is 0 Å². The van der Waals surface area contributed by atoms with Crippen LogP contribution in [0.5, 0.6) is 0 Å². The van der Waals surface area contributed by atoms with Crippen LogP contribution in [0.1, 0.15) is 36.0 Å². The van der Waals surface area contributed by atoms with Gasteiger partial charge < -0.3 is 10.6 Å². The Morgan fingerprint density at radius 3 is 2.75 bits per heavy atom. The van der Waals surface area contributed by atoms with Crippen molar-refractivity contribution in [3.63, 3.8) is 0 Å². The van der Waals surface area contributed by atoms with E-state index in [1.807, 2.05) is 6.07 Å². The van der Waals surface area contributed by atoms with Crippen LogP contribution in [0.15, 0.2) is 34.6 Å². The number of hydrogen-bond acceptors (Lipinski definition) is 5. The molecule has 2 rings (SSSR count). The first-order valence-corrected chi connectivity index (χ1v) is 8.49. The molecule has 0 amide bonds. The molecular weight excluding hydrogens is 326 g/mol. The van der Waals surface area contributed by atoms with Gasteiger partial charge in [-0.1, -0.05) is 26.0 Å². The molecule has 0 radical (unpaired) electrons. The first-order valence-electron chi connectivity index (χ1n) is 7.61. The summed E-state index contributed by atoms with van der Waals surface area (Å²) >= 11 is 1.62. The Kier molecular flexibility index (Phi) is 6.25. The Labute approximate surface area is 145 Å². The molecule has 0 bridgehead atoms. The molecule has 2 aromatic rings. The van der Waals surface area contributed by atoms with Crippen LogP contribution >= 0.6 is 11.3 Å². The second-order valence-electron chi connectivity index (χ2n) is 5.53. The van der Waals surface area contributed by atoms with Crippen molar-refractivity contribution < 1.29 is 4.92 Å². The van der Waals surface area contributed by atoms with E-state index in [0.717, 1.165) is 16.3 Å². The van der Waals surface area contributed by atoms with E-state index in [4.69, 9.17) is 0 Å². The lowest BCUT2D eigenvalue weighted by molar-refractivity contribution is -0.384. The topological polar surface area (TPSA) is 92.5 Å². The summed E-state index contributed by atoms with van der Waals surface area (Å²) in [5.74, 6) is 1.05. The molecule has 1 aromatic heterocycles. The molecule has 7 nitrogen and oxygen atoms in total. The lowest BCUT2D eigenvalue weighted by Crippen LogP contribution is -2.36. The second kappa shape index (κ2) is 8.39. The summed E-state index contributed by atoms with van der Waals surface area (Å²) in [6.07, 6.45) is 0. The van der Waals surface area contributed by atoms with Crippen molar-refractivity contribution in [1.82, 2.24) is 15.6 Å². The van der Waals surface area contributed by atoms with E-state index in [9.17, 15) is 10.1 Å². The minimum Gasteiger partial charge on any atom is -0.352 e. The monoisotopic (exact) mass is 347 g/mol. The van der Waals surface area contributed by atoms with E-state index in [-0.39, 0.29) is 5.69 Å². The number of hydrogen-bond donors (Lipinski definition) is 2. The third kappa shape index (κ3) is 5.02. The van der Waals surface area contributed by atoms with Gasteiger partial charge in [0.1, 0.15) is 5.01 Å². The van der Waals surface area contributed by atoms with Gasteiger partial charge in [0.25, 0.3) is 5.69 Å². The van der Waals surface area contributed by atoms with Crippen LogP contribution < -0.4 is 10.6 Å². The molecule has 1 aromatic carbocycles. The van der Waals surface area contributed by atoms with Crippen molar-refractivity contribution in [3.8, 4) is 0 Å². The highest BCUT2D eigenvalue weighted by molar-refractivity contribution is 7.09. The number of nitrogens with zero attached hydrogens (tertiary/aromatic N) is 3. The van der Waals surface area contributed by atoms with Crippen molar-refractivity contribution >= 4 is 23.0 Å². The third-order valence-corrected chi connectivity index (χ3v) is 4.24. The number of nitro benzene ring substituents is 1. The average Bonchev–Trinajstić information content (AvgIpc) is 3.04. The highest BCUT2D eigenvalue weighted by Gasteiger charge is 2.08. The molecule has 0 spiro atoms. The van der Waals surface area contributed by atoms with Crippen molar-refractivity contribution in [2.24, 2.45) is 4.99 Å². The molecule has 0 aliphatic heterocycles. The minimum absolute atomic E-state index is 0.0845. The molecule has 1 heterocycles. The van der Waals surface area contributed by atoms with Crippen LogP contribution in [-0.2, 0) is 13.1 Å². The Bertz CT molecular complexity index is 727. The number of non-ortho nitro benzene ring substituents is 1. The number of thiazole rings is 1. The first-order chi connectivity index (χ1) is 11.5. The molecule has 0 unspecified atom stereocenters. The van der Waals surface area contributed by atoms with Crippen molar-refractivity contribution in [2.45, 2.75) is 32.9 Å². The van der Waals surface area contributed by atoms with Gasteiger partial charge in [0.2, 0.25) is 0 Å². The Hall–Kier alpha value is -2.48. The largest absolute Gasteiger partial charge is 0.352 e. The summed E-state index contributed by atoms with van der Waals surface area (Å²) in [6, 6.07) is 6.54. The fraction of sp³-hybridized carbons (Fsp3) is 0.375. The smallest absolute Gasteiger partial charge is 0.269 e. The maximum atomic E-state index is 10.8. The predicted octanol–water partition coefficient (Wildman–Crippen LogP) is 3.04. The molecular formula is C16H21N5O2S. The van der Waals surface area contributed by atoms with Gasteiger partial charge in [-0.05, 0) is 11.5 Å². The van der Waals surface area contributed by atoms with E-state index >= 15 is 0 Å². The van der Waals surface area contributed by atoms with Gasteiger partial charge in [0.05, 0.1) is 17.2 Å². The summed E-state index contributed by atoms with van der Waals surface area (Å²) in [5, 5.41) is 20.2. The predicted molar refractivity (Wildman–Crippen MR) is 96.3 cm³/mol. The number of rotatable bonds is 6. The van der Waals surface area contributed by atoms with Gasteiger partial charge in [-0.3, -0.25) is 15.1 Å². The molecule has 8 heteroatoms. The fourth-order valence-electron chi connectivity index (χ4n) is 2.02. The second-order valence-corrected chi connectivity index (χ2v) is 6.47. The van der Waals surface area contributed by atoms with Crippen LogP contribution in [0.4, 0.5) is 5.69 Å². The maximum Gasteiger partial charge on any atom is 0.269 e. The highest BCUT2D eigenvalue weighted by atomic mass is 32.1. The molecule has 0 saturated carbocycles. The number of nitro groups is 1. The quantitative estimate of drug-likeness (QED) is 0.363. The molecule has 24 heavy (non-hydrogen) atoms. The summed E-state index contributed by atoms with van der Waals surface area (Å²) < 4.78 is 0. The maximum absolute atomic E-state index is 10.8. The molecule has 0 atom stereocenters. The van der Waals surface area contributed by atoms with Crippen molar-refractivity contribution in [2.75, 3.05) is 7.05 Å². The van der Waals surface area contributed by atoms with Gasteiger partial charge >= 0.3 is 0 Å². The van der Waals surface area contributed by atoms with Crippen LogP contribution in [0, 0.1) is 10.1 Å². The third-order valence-electron chi connectivity index (χ3n) is 3.37. The average molecular weight is 347 g/mol. The van der Waals surface area contributed by atoms with E-state index in [0.29, 0.717) is 25.0 Å². The van der Waals surface area contributed by atoms with E-state index in [1.165, 1.54) is 6.07 Å². The van der Waals surface area contributed by atoms with E-state index in [2.05, 4.69) is 39.8 Å². The molecule has 0 saturated heterocycles. The van der Waals surface area contributed by atoms with E-state index in [1.54, 1.807) is 30.5 Å². The van der Waals surface area contributed by atoms with Crippen LogP contribution in [0.2, 0.25) is 0 Å². The van der Waals surface area contributed by atoms with Gasteiger partial charge in [-0.2, -0.15) is 0 Å². The number of aromatic nitrogens is 1. The molecule has 0 aliphatic carbocycles. The highest BCUT2D eigenvalue weighted by Crippen LogP contribution is 2.17. The Morgan fingerprint density at radius 2 is 2.12 bits per heavy atom. The number of aliphatic imine (C=N–C) groups is 1. The van der Waals surface area contributed by atoms with Gasteiger partial charge in [-0.15, -0.1) is 11.3 Å². The standard InChI is InChI=1S/C16H21N5O2S/c1-11(2)14-10-24-15(20-14)9-19-16(17-3)18-8-12-5-4-6-13(7-12)21(22)23/h4-7,10-11H,8-9H2,1-3H3,(H2,17,18,19). The summed E-state index contributed by atoms with van der Waals surface area (Å²) in [4.78, 5) is 19.1. The molecule has 0 fully saturated rings. The van der Waals surface area contributed by atoms with Gasteiger partial charge in [0, 0.05) is 31.1 Å². The Balaban J connectivity index is 1.88. The fourth-order valence-corrected chi connectivity index (χ4v) is 2.91. The summed E-state index contributed by atoms with van der Waals surface area (Å²) in [6.45, 7) is 5.28. The van der Waals surface area contributed by atoms with Gasteiger partial charge in [0.15, 0.2) is 5.96 Å². The lowest BCUT2D eigenvalue weighted by Gasteiger charge is -2.11. The zero-order valence-electron chi connectivity index (χ0n) is 13.9. The summed E-state index contributed by atoms with van der Waals surface area (Å²) in [7, 11) is 1.68. The van der Waals surface area contributed by atoms with Crippen LogP contribution in [0.3, 0.4) is 0 Å². The van der Waals surface area contributed by atoms with Crippen molar-refractivity contribution in [1.29, 1.82) is 0 Å². The summed E-state index contributed by atoms with van der Waals surface area (Å²) in [5.41, 5.74) is 2.00. The zero-order valence-corrected chi connectivity index (χ0v) is 14.8. The Morgan fingerprint density at radius 1 is 1.38 bits per heavy atom. The number of guanidine groups is 1. The first kappa shape index (κ1) is 17.9. The zero-order chi connectivity index (χ0) is 17.5. The normalized spacial score (nSPS) is 11.6. The molecule has 128 valence electrons. The van der Waals surface area contributed by atoms with Crippen LogP contribution in [-0.4, -0.2) is 22.9 Å². The van der Waals surface area contributed by atoms with Crippen molar-refractivity contribution in [3.05, 3.63) is 56.0 Å². The van der Waals surface area contributed by atoms with E-state index < -0.39 is 4.92 Å².